The van der Waals surface area contributed by atoms with Crippen molar-refractivity contribution in [2.75, 3.05) is 45.2 Å². The van der Waals surface area contributed by atoms with Gasteiger partial charge >= 0.3 is 5.97 Å². The van der Waals surface area contributed by atoms with E-state index in [1.165, 1.54) is 10.4 Å². The molecule has 2 heterocycles. The number of likely N-dealkylation sites (N-methyl/N-ethyl adjacent to an activating group) is 1. The van der Waals surface area contributed by atoms with Crippen LogP contribution in [0, 0.1) is 5.92 Å². The molecular weight excluding hydrogens is 366 g/mol. The van der Waals surface area contributed by atoms with Crippen molar-refractivity contribution < 1.29 is 9.53 Å². The summed E-state index contributed by atoms with van der Waals surface area (Å²) >= 11 is 7.36. The number of fused-ring (bicyclic) bond motifs is 1. The van der Waals surface area contributed by atoms with Gasteiger partial charge in [-0.3, -0.25) is 0 Å². The van der Waals surface area contributed by atoms with Crippen molar-refractivity contribution in [1.29, 1.82) is 0 Å². The van der Waals surface area contributed by atoms with Gasteiger partial charge in [-0.05, 0) is 69.9 Å². The summed E-state index contributed by atoms with van der Waals surface area (Å²) in [5.41, 5.74) is 1.89. The number of rotatable bonds is 3. The Labute approximate surface area is 165 Å². The van der Waals surface area contributed by atoms with Crippen molar-refractivity contribution in [2.24, 2.45) is 5.92 Å². The molecule has 0 saturated carbocycles. The first-order chi connectivity index (χ1) is 12.5. The molecule has 2 aliphatic rings. The minimum Gasteiger partial charge on any atom is -0.462 e. The van der Waals surface area contributed by atoms with Crippen molar-refractivity contribution in [3.8, 4) is 0 Å². The summed E-state index contributed by atoms with van der Waals surface area (Å²) in [6.45, 7) is 8.49. The molecule has 1 saturated heterocycles. The molecule has 144 valence electrons. The van der Waals surface area contributed by atoms with Crippen molar-refractivity contribution >= 4 is 39.6 Å². The molecule has 1 aromatic rings. The summed E-state index contributed by atoms with van der Waals surface area (Å²) in [6.07, 6.45) is 4.21. The van der Waals surface area contributed by atoms with Crippen LogP contribution in [-0.4, -0.2) is 60.7 Å². The monoisotopic (exact) mass is 395 g/mol. The van der Waals surface area contributed by atoms with Crippen LogP contribution in [-0.2, 0) is 17.6 Å². The zero-order valence-electron chi connectivity index (χ0n) is 16.0. The first-order valence-electron chi connectivity index (χ1n) is 9.55. The molecule has 7 heteroatoms. The van der Waals surface area contributed by atoms with E-state index < -0.39 is 0 Å². The predicted octanol–water partition coefficient (Wildman–Crippen LogP) is 3.38. The maximum Gasteiger partial charge on any atom is 0.341 e. The maximum absolute atomic E-state index is 12.6. The Hall–Kier alpha value is -1.18. The number of carbonyl (C=O) groups is 1. The fourth-order valence-corrected chi connectivity index (χ4v) is 5.43. The topological polar surface area (TPSA) is 44.8 Å². The number of nitrogens with zero attached hydrogens (tertiary/aromatic N) is 2. The van der Waals surface area contributed by atoms with Crippen LogP contribution in [0.5, 0.6) is 0 Å². The highest BCUT2D eigenvalue weighted by Gasteiger charge is 2.29. The van der Waals surface area contributed by atoms with Crippen LogP contribution in [0.1, 0.15) is 47.5 Å². The Balaban J connectivity index is 1.82. The van der Waals surface area contributed by atoms with Gasteiger partial charge in [-0.15, -0.1) is 11.3 Å². The fourth-order valence-electron chi connectivity index (χ4n) is 3.68. The quantitative estimate of drug-likeness (QED) is 0.625. The number of anilines is 1. The fraction of sp³-hybridized carbons (Fsp3) is 0.684. The molecule has 0 bridgehead atoms. The lowest BCUT2D eigenvalue weighted by atomic mass is 9.88. The lowest BCUT2D eigenvalue weighted by molar-refractivity contribution is 0.0526. The molecule has 1 aliphatic carbocycles. The third kappa shape index (κ3) is 4.38. The lowest BCUT2D eigenvalue weighted by Gasteiger charge is -2.24. The van der Waals surface area contributed by atoms with Gasteiger partial charge in [0.05, 0.1) is 12.2 Å². The number of nitrogens with one attached hydrogen (secondary N) is 1. The van der Waals surface area contributed by atoms with Crippen LogP contribution < -0.4 is 5.32 Å². The Morgan fingerprint density at radius 2 is 2.15 bits per heavy atom. The normalized spacial score (nSPS) is 21.0. The zero-order valence-corrected chi connectivity index (χ0v) is 17.6. The lowest BCUT2D eigenvalue weighted by Crippen LogP contribution is -2.37. The number of ether oxygens (including phenoxy) is 1. The second kappa shape index (κ2) is 8.67. The van der Waals surface area contributed by atoms with Gasteiger partial charge in [0.1, 0.15) is 5.00 Å². The van der Waals surface area contributed by atoms with E-state index in [0.717, 1.165) is 62.0 Å². The van der Waals surface area contributed by atoms with Crippen LogP contribution >= 0.6 is 23.6 Å². The van der Waals surface area contributed by atoms with Gasteiger partial charge in [-0.25, -0.2) is 4.79 Å². The van der Waals surface area contributed by atoms with Crippen LogP contribution in [0.4, 0.5) is 5.00 Å². The zero-order chi connectivity index (χ0) is 18.7. The number of hydrogen-bond donors (Lipinski definition) is 1. The molecule has 0 amide bonds. The predicted molar refractivity (Wildman–Crippen MR) is 111 cm³/mol. The molecule has 1 fully saturated rings. The van der Waals surface area contributed by atoms with E-state index in [9.17, 15) is 4.79 Å². The highest BCUT2D eigenvalue weighted by Crippen LogP contribution is 2.40. The average molecular weight is 396 g/mol. The SMILES string of the molecule is CCOC(=O)c1c(NC(=S)N2CCCN(C)CC2)sc2c1CC[C@H](C)C2. The highest BCUT2D eigenvalue weighted by molar-refractivity contribution is 7.80. The van der Waals surface area contributed by atoms with Gasteiger partial charge in [0.25, 0.3) is 0 Å². The van der Waals surface area contributed by atoms with Crippen LogP contribution in [0.15, 0.2) is 0 Å². The minimum atomic E-state index is -0.222. The van der Waals surface area contributed by atoms with Crippen molar-refractivity contribution in [2.45, 2.75) is 39.5 Å². The molecule has 0 spiro atoms. The molecule has 0 aromatic carbocycles. The Morgan fingerprint density at radius 1 is 1.35 bits per heavy atom. The van der Waals surface area contributed by atoms with E-state index in [4.69, 9.17) is 17.0 Å². The summed E-state index contributed by atoms with van der Waals surface area (Å²) < 4.78 is 5.35. The Kier molecular flexibility index (Phi) is 6.53. The Morgan fingerprint density at radius 3 is 2.92 bits per heavy atom. The summed E-state index contributed by atoms with van der Waals surface area (Å²) in [4.78, 5) is 18.5. The third-order valence-corrected chi connectivity index (χ3v) is 6.75. The van der Waals surface area contributed by atoms with Crippen LogP contribution in [0.2, 0.25) is 0 Å². The maximum atomic E-state index is 12.6. The van der Waals surface area contributed by atoms with E-state index in [1.807, 2.05) is 6.92 Å². The molecule has 1 aliphatic heterocycles. The van der Waals surface area contributed by atoms with E-state index in [0.29, 0.717) is 18.1 Å². The first kappa shape index (κ1) is 19.6. The summed E-state index contributed by atoms with van der Waals surface area (Å²) in [5.74, 6) is 0.442. The number of thiophene rings is 1. The molecule has 3 rings (SSSR count). The minimum absolute atomic E-state index is 0.222. The third-order valence-electron chi connectivity index (χ3n) is 5.22. The highest BCUT2D eigenvalue weighted by atomic mass is 32.1. The summed E-state index contributed by atoms with van der Waals surface area (Å²) in [5, 5.41) is 4.98. The number of hydrogen-bond acceptors (Lipinski definition) is 5. The van der Waals surface area contributed by atoms with Gasteiger partial charge in [0, 0.05) is 24.5 Å². The van der Waals surface area contributed by atoms with E-state index in [-0.39, 0.29) is 5.97 Å². The van der Waals surface area contributed by atoms with E-state index in [2.05, 4.69) is 29.1 Å². The largest absolute Gasteiger partial charge is 0.462 e. The molecular formula is C19H29N3O2S2. The number of carbonyl (C=O) groups excluding carboxylic acids is 1. The Bertz CT molecular complexity index is 674. The van der Waals surface area contributed by atoms with E-state index in [1.54, 1.807) is 11.3 Å². The second-order valence-electron chi connectivity index (χ2n) is 7.35. The van der Waals surface area contributed by atoms with Crippen molar-refractivity contribution in [3.63, 3.8) is 0 Å². The van der Waals surface area contributed by atoms with Gasteiger partial charge < -0.3 is 19.9 Å². The van der Waals surface area contributed by atoms with Crippen molar-refractivity contribution in [3.05, 3.63) is 16.0 Å². The molecule has 1 atom stereocenters. The van der Waals surface area contributed by atoms with E-state index >= 15 is 0 Å². The van der Waals surface area contributed by atoms with Gasteiger partial charge in [0.15, 0.2) is 5.11 Å². The standard InChI is InChI=1S/C19H29N3O2S2/c1-4-24-18(23)16-14-7-6-13(2)12-15(14)26-17(16)20-19(25)22-9-5-8-21(3)10-11-22/h13H,4-12H2,1-3H3,(H,20,25)/t13-/m0/s1. The molecule has 0 unspecified atom stereocenters. The molecule has 26 heavy (non-hydrogen) atoms. The van der Waals surface area contributed by atoms with Gasteiger partial charge in [-0.2, -0.15) is 0 Å². The van der Waals surface area contributed by atoms with Gasteiger partial charge in [-0.1, -0.05) is 6.92 Å². The molecule has 5 nitrogen and oxygen atoms in total. The molecule has 1 N–H and O–H groups in total. The van der Waals surface area contributed by atoms with Crippen molar-refractivity contribution in [1.82, 2.24) is 9.80 Å². The summed E-state index contributed by atoms with van der Waals surface area (Å²) in [6, 6.07) is 0. The van der Waals surface area contributed by atoms with Crippen LogP contribution in [0.25, 0.3) is 0 Å². The number of esters is 1. The summed E-state index contributed by atoms with van der Waals surface area (Å²) in [7, 11) is 2.15. The smallest absolute Gasteiger partial charge is 0.341 e. The first-order valence-corrected chi connectivity index (χ1v) is 10.8. The van der Waals surface area contributed by atoms with Gasteiger partial charge in [0.2, 0.25) is 0 Å². The molecule has 0 radical (unpaired) electrons. The molecule has 1 aromatic heterocycles. The second-order valence-corrected chi connectivity index (χ2v) is 8.84. The average Bonchev–Trinajstić information content (AvgIpc) is 2.78. The number of thiocarbonyl (C=S) groups is 1. The van der Waals surface area contributed by atoms with Crippen LogP contribution in [0.3, 0.4) is 0 Å².